The van der Waals surface area contributed by atoms with Gasteiger partial charge in [0.05, 0.1) is 26.2 Å². The predicted octanol–water partition coefficient (Wildman–Crippen LogP) is 0.904. The molecular formula is C15H22N2O3. The highest BCUT2D eigenvalue weighted by molar-refractivity contribution is 5.75. The number of hydrogen-bond donors (Lipinski definition) is 1. The zero-order chi connectivity index (χ0) is 14.0. The number of carbonyl (C=O) groups excluding carboxylic acids is 1. The second-order valence-corrected chi connectivity index (χ2v) is 4.72. The Balaban J connectivity index is 1.52. The van der Waals surface area contributed by atoms with Crippen molar-refractivity contribution in [2.24, 2.45) is 0 Å². The topological polar surface area (TPSA) is 50.8 Å². The van der Waals surface area contributed by atoms with Crippen LogP contribution in [0.3, 0.4) is 0 Å². The number of nitrogens with zero attached hydrogens (tertiary/aromatic N) is 1. The van der Waals surface area contributed by atoms with Gasteiger partial charge in [-0.25, -0.2) is 0 Å². The van der Waals surface area contributed by atoms with Crippen LogP contribution in [0.25, 0.3) is 0 Å². The van der Waals surface area contributed by atoms with E-state index < -0.39 is 0 Å². The Labute approximate surface area is 119 Å². The van der Waals surface area contributed by atoms with E-state index in [-0.39, 0.29) is 5.91 Å². The van der Waals surface area contributed by atoms with Gasteiger partial charge in [-0.05, 0) is 12.1 Å². The SMILES string of the molecule is O=C(CCOc1ccccc1)NCCN1CCOCC1. The molecule has 110 valence electrons. The Hall–Kier alpha value is -1.59. The molecule has 1 aliphatic rings. The molecule has 1 aliphatic heterocycles. The summed E-state index contributed by atoms with van der Waals surface area (Å²) in [6.07, 6.45) is 0.387. The minimum Gasteiger partial charge on any atom is -0.493 e. The van der Waals surface area contributed by atoms with Crippen LogP contribution in [0.2, 0.25) is 0 Å². The van der Waals surface area contributed by atoms with Gasteiger partial charge in [0.2, 0.25) is 5.91 Å². The maximum absolute atomic E-state index is 11.6. The Morgan fingerprint density at radius 1 is 1.25 bits per heavy atom. The van der Waals surface area contributed by atoms with Crippen molar-refractivity contribution in [2.45, 2.75) is 6.42 Å². The molecule has 0 unspecified atom stereocenters. The molecule has 5 heteroatoms. The largest absolute Gasteiger partial charge is 0.493 e. The van der Waals surface area contributed by atoms with Crippen LogP contribution >= 0.6 is 0 Å². The van der Waals surface area contributed by atoms with E-state index in [2.05, 4.69) is 10.2 Å². The van der Waals surface area contributed by atoms with Crippen molar-refractivity contribution in [1.29, 1.82) is 0 Å². The summed E-state index contributed by atoms with van der Waals surface area (Å²) in [5, 5.41) is 2.91. The molecule has 0 aliphatic carbocycles. The number of amides is 1. The van der Waals surface area contributed by atoms with E-state index in [0.29, 0.717) is 19.6 Å². The Morgan fingerprint density at radius 2 is 2.00 bits per heavy atom. The molecule has 1 amide bonds. The minimum absolute atomic E-state index is 0.0363. The first-order valence-electron chi connectivity index (χ1n) is 7.09. The molecule has 1 aromatic rings. The average molecular weight is 278 g/mol. The third-order valence-corrected chi connectivity index (χ3v) is 3.19. The summed E-state index contributed by atoms with van der Waals surface area (Å²) < 4.78 is 10.8. The molecule has 1 heterocycles. The average Bonchev–Trinajstić information content (AvgIpc) is 2.49. The van der Waals surface area contributed by atoms with Crippen LogP contribution in [-0.4, -0.2) is 56.8 Å². The van der Waals surface area contributed by atoms with Crippen molar-refractivity contribution >= 4 is 5.91 Å². The molecule has 2 rings (SSSR count). The van der Waals surface area contributed by atoms with Gasteiger partial charge in [-0.15, -0.1) is 0 Å². The van der Waals surface area contributed by atoms with Crippen molar-refractivity contribution < 1.29 is 14.3 Å². The molecule has 1 fully saturated rings. The van der Waals surface area contributed by atoms with Gasteiger partial charge < -0.3 is 14.8 Å². The highest BCUT2D eigenvalue weighted by Crippen LogP contribution is 2.08. The van der Waals surface area contributed by atoms with Gasteiger partial charge in [-0.3, -0.25) is 9.69 Å². The number of hydrogen-bond acceptors (Lipinski definition) is 4. The number of rotatable bonds is 7. The summed E-state index contributed by atoms with van der Waals surface area (Å²) in [4.78, 5) is 13.9. The van der Waals surface area contributed by atoms with Gasteiger partial charge in [-0.1, -0.05) is 18.2 Å². The summed E-state index contributed by atoms with van der Waals surface area (Å²) >= 11 is 0. The van der Waals surface area contributed by atoms with E-state index in [0.717, 1.165) is 38.6 Å². The van der Waals surface area contributed by atoms with Gasteiger partial charge in [0.25, 0.3) is 0 Å². The number of nitrogens with one attached hydrogen (secondary N) is 1. The van der Waals surface area contributed by atoms with E-state index >= 15 is 0 Å². The fourth-order valence-corrected chi connectivity index (χ4v) is 2.04. The van der Waals surface area contributed by atoms with Crippen molar-refractivity contribution in [3.8, 4) is 5.75 Å². The number of ether oxygens (including phenoxy) is 2. The van der Waals surface area contributed by atoms with E-state index in [4.69, 9.17) is 9.47 Å². The lowest BCUT2D eigenvalue weighted by Gasteiger charge is -2.26. The van der Waals surface area contributed by atoms with Crippen LogP contribution in [0, 0.1) is 0 Å². The lowest BCUT2D eigenvalue weighted by molar-refractivity contribution is -0.121. The molecule has 1 aromatic carbocycles. The third-order valence-electron chi connectivity index (χ3n) is 3.19. The third kappa shape index (κ3) is 5.59. The van der Waals surface area contributed by atoms with Crippen LogP contribution < -0.4 is 10.1 Å². The van der Waals surface area contributed by atoms with Crippen molar-refractivity contribution in [2.75, 3.05) is 46.0 Å². The van der Waals surface area contributed by atoms with Gasteiger partial charge in [0.1, 0.15) is 5.75 Å². The summed E-state index contributed by atoms with van der Waals surface area (Å²) in [6, 6.07) is 9.54. The molecular weight excluding hydrogens is 256 g/mol. The first-order valence-corrected chi connectivity index (χ1v) is 7.09. The van der Waals surface area contributed by atoms with E-state index in [1.54, 1.807) is 0 Å². The molecule has 0 radical (unpaired) electrons. The normalized spacial score (nSPS) is 15.8. The molecule has 0 aromatic heterocycles. The second kappa shape index (κ2) is 8.55. The minimum atomic E-state index is 0.0363. The molecule has 20 heavy (non-hydrogen) atoms. The van der Waals surface area contributed by atoms with E-state index in [1.807, 2.05) is 30.3 Å². The molecule has 0 spiro atoms. The van der Waals surface area contributed by atoms with Gasteiger partial charge >= 0.3 is 0 Å². The number of carbonyl (C=O) groups is 1. The summed E-state index contributed by atoms with van der Waals surface area (Å²) in [5.41, 5.74) is 0. The maximum Gasteiger partial charge on any atom is 0.223 e. The van der Waals surface area contributed by atoms with Gasteiger partial charge in [0, 0.05) is 26.2 Å². The maximum atomic E-state index is 11.6. The first-order chi connectivity index (χ1) is 9.84. The highest BCUT2D eigenvalue weighted by atomic mass is 16.5. The molecule has 1 N–H and O–H groups in total. The Kier molecular flexibility index (Phi) is 6.34. The molecule has 0 saturated carbocycles. The van der Waals surface area contributed by atoms with Gasteiger partial charge in [-0.2, -0.15) is 0 Å². The highest BCUT2D eigenvalue weighted by Gasteiger charge is 2.10. The predicted molar refractivity (Wildman–Crippen MR) is 76.8 cm³/mol. The van der Waals surface area contributed by atoms with Gasteiger partial charge in [0.15, 0.2) is 0 Å². The quantitative estimate of drug-likeness (QED) is 0.805. The van der Waals surface area contributed by atoms with Crippen LogP contribution in [0.5, 0.6) is 5.75 Å². The number of para-hydroxylation sites is 1. The fraction of sp³-hybridized carbons (Fsp3) is 0.533. The lowest BCUT2D eigenvalue weighted by Crippen LogP contribution is -2.41. The second-order valence-electron chi connectivity index (χ2n) is 4.72. The molecule has 5 nitrogen and oxygen atoms in total. The monoisotopic (exact) mass is 278 g/mol. The Bertz CT molecular complexity index is 391. The summed E-state index contributed by atoms with van der Waals surface area (Å²) in [5.74, 6) is 0.836. The molecule has 1 saturated heterocycles. The van der Waals surface area contributed by atoms with Crippen molar-refractivity contribution in [3.05, 3.63) is 30.3 Å². The summed E-state index contributed by atoms with van der Waals surface area (Å²) in [6.45, 7) is 5.46. The number of morpholine rings is 1. The van der Waals surface area contributed by atoms with Crippen LogP contribution in [0.4, 0.5) is 0 Å². The molecule has 0 bridgehead atoms. The van der Waals surface area contributed by atoms with Crippen LogP contribution in [0.1, 0.15) is 6.42 Å². The van der Waals surface area contributed by atoms with E-state index in [9.17, 15) is 4.79 Å². The Morgan fingerprint density at radius 3 is 2.75 bits per heavy atom. The van der Waals surface area contributed by atoms with Crippen molar-refractivity contribution in [1.82, 2.24) is 10.2 Å². The van der Waals surface area contributed by atoms with Crippen molar-refractivity contribution in [3.63, 3.8) is 0 Å². The van der Waals surface area contributed by atoms with E-state index in [1.165, 1.54) is 0 Å². The van der Waals surface area contributed by atoms with Crippen LogP contribution in [0.15, 0.2) is 30.3 Å². The van der Waals surface area contributed by atoms with Crippen LogP contribution in [-0.2, 0) is 9.53 Å². The zero-order valence-corrected chi connectivity index (χ0v) is 11.7. The smallest absolute Gasteiger partial charge is 0.223 e. The molecule has 0 atom stereocenters. The first kappa shape index (κ1) is 14.8. The number of benzene rings is 1. The lowest BCUT2D eigenvalue weighted by atomic mass is 10.3. The fourth-order valence-electron chi connectivity index (χ4n) is 2.04. The standard InChI is InChI=1S/C15H22N2O3/c18-15(6-11-20-14-4-2-1-3-5-14)16-7-8-17-9-12-19-13-10-17/h1-5H,6-13H2,(H,16,18). The summed E-state index contributed by atoms with van der Waals surface area (Å²) in [7, 11) is 0. The zero-order valence-electron chi connectivity index (χ0n) is 11.7.